The number of benzene rings is 1. The molecule has 0 N–H and O–H groups in total. The van der Waals surface area contributed by atoms with Crippen molar-refractivity contribution in [1.29, 1.82) is 0 Å². The second-order valence-corrected chi connectivity index (χ2v) is 5.41. The van der Waals surface area contributed by atoms with Crippen molar-refractivity contribution in [3.8, 4) is 0 Å². The van der Waals surface area contributed by atoms with Crippen LogP contribution < -0.4 is 4.90 Å². The number of ketones is 1. The number of anilines is 1. The van der Waals surface area contributed by atoms with Gasteiger partial charge >= 0.3 is 0 Å². The van der Waals surface area contributed by atoms with Crippen LogP contribution in [0.15, 0.2) is 18.2 Å². The molecule has 1 aromatic rings. The molecular weight excluding hydrogens is 229 g/mol. The first kappa shape index (κ1) is 13.1. The van der Waals surface area contributed by atoms with Gasteiger partial charge in [-0.05, 0) is 57.7 Å². The lowest BCUT2D eigenvalue weighted by molar-refractivity contribution is 0.101. The molecule has 0 unspecified atom stereocenters. The number of halogens is 1. The average molecular weight is 249 g/mol. The number of hydrogen-bond acceptors (Lipinski definition) is 2. The molecule has 1 aromatic carbocycles. The third-order valence-electron chi connectivity index (χ3n) is 3.42. The number of carbonyl (C=O) groups excluding carboxylic acids is 1. The van der Waals surface area contributed by atoms with Gasteiger partial charge in [-0.15, -0.1) is 0 Å². The molecule has 0 amide bonds. The normalized spacial score (nSPS) is 14.9. The number of nitrogens with zero attached hydrogens (tertiary/aromatic N) is 1. The Morgan fingerprint density at radius 1 is 1.44 bits per heavy atom. The highest BCUT2D eigenvalue weighted by molar-refractivity contribution is 5.99. The van der Waals surface area contributed by atoms with E-state index in [0.29, 0.717) is 11.6 Å². The third kappa shape index (κ3) is 2.89. The minimum atomic E-state index is -0.348. The van der Waals surface area contributed by atoms with Crippen LogP contribution >= 0.6 is 0 Å². The van der Waals surface area contributed by atoms with Gasteiger partial charge < -0.3 is 4.90 Å². The first-order valence-corrected chi connectivity index (χ1v) is 6.56. The van der Waals surface area contributed by atoms with Crippen LogP contribution in [0.2, 0.25) is 0 Å². The van der Waals surface area contributed by atoms with Gasteiger partial charge in [0.15, 0.2) is 5.78 Å². The fourth-order valence-electron chi connectivity index (χ4n) is 2.21. The molecule has 3 heteroatoms. The van der Waals surface area contributed by atoms with Gasteiger partial charge in [0.25, 0.3) is 0 Å². The van der Waals surface area contributed by atoms with Gasteiger partial charge in [-0.3, -0.25) is 4.79 Å². The largest absolute Gasteiger partial charge is 0.368 e. The van der Waals surface area contributed by atoms with Crippen LogP contribution in [-0.2, 0) is 0 Å². The SMILES string of the molecule is CC(=O)c1cc(F)ccc1N(CC1CC1)C(C)C. The van der Waals surface area contributed by atoms with Crippen LogP contribution in [0.25, 0.3) is 0 Å². The fourth-order valence-corrected chi connectivity index (χ4v) is 2.21. The molecule has 2 rings (SSSR count). The summed E-state index contributed by atoms with van der Waals surface area (Å²) < 4.78 is 13.3. The van der Waals surface area contributed by atoms with Gasteiger partial charge in [0.1, 0.15) is 5.82 Å². The Hall–Kier alpha value is -1.38. The van der Waals surface area contributed by atoms with Crippen molar-refractivity contribution in [2.75, 3.05) is 11.4 Å². The zero-order valence-corrected chi connectivity index (χ0v) is 11.2. The molecule has 0 spiro atoms. The summed E-state index contributed by atoms with van der Waals surface area (Å²) >= 11 is 0. The van der Waals surface area contributed by atoms with Crippen LogP contribution in [0.1, 0.15) is 44.0 Å². The summed E-state index contributed by atoms with van der Waals surface area (Å²) in [6.45, 7) is 6.67. The van der Waals surface area contributed by atoms with Crippen LogP contribution in [0, 0.1) is 11.7 Å². The van der Waals surface area contributed by atoms with Crippen LogP contribution in [0.4, 0.5) is 10.1 Å². The summed E-state index contributed by atoms with van der Waals surface area (Å²) in [5.41, 5.74) is 1.36. The highest BCUT2D eigenvalue weighted by atomic mass is 19.1. The smallest absolute Gasteiger partial charge is 0.161 e. The topological polar surface area (TPSA) is 20.3 Å². The Kier molecular flexibility index (Phi) is 3.69. The van der Waals surface area contributed by atoms with E-state index < -0.39 is 0 Å². The predicted molar refractivity (Wildman–Crippen MR) is 71.6 cm³/mol. The summed E-state index contributed by atoms with van der Waals surface area (Å²) in [5.74, 6) is 0.308. The van der Waals surface area contributed by atoms with E-state index in [-0.39, 0.29) is 11.6 Å². The Morgan fingerprint density at radius 3 is 2.61 bits per heavy atom. The van der Waals surface area contributed by atoms with Gasteiger partial charge in [-0.1, -0.05) is 0 Å². The number of hydrogen-bond donors (Lipinski definition) is 0. The molecule has 0 saturated heterocycles. The average Bonchev–Trinajstić information content (AvgIpc) is 3.09. The maximum atomic E-state index is 13.3. The lowest BCUT2D eigenvalue weighted by Gasteiger charge is -2.30. The minimum absolute atomic E-state index is 0.0778. The third-order valence-corrected chi connectivity index (χ3v) is 3.42. The zero-order chi connectivity index (χ0) is 13.3. The minimum Gasteiger partial charge on any atom is -0.368 e. The molecule has 1 fully saturated rings. The Labute approximate surface area is 108 Å². The van der Waals surface area contributed by atoms with Gasteiger partial charge in [-0.2, -0.15) is 0 Å². The quantitative estimate of drug-likeness (QED) is 0.742. The first-order chi connectivity index (χ1) is 8.49. The van der Waals surface area contributed by atoms with Gasteiger partial charge in [0.2, 0.25) is 0 Å². The summed E-state index contributed by atoms with van der Waals surface area (Å²) in [6, 6.07) is 4.83. The van der Waals surface area contributed by atoms with E-state index in [2.05, 4.69) is 18.7 Å². The number of Topliss-reactive ketones (excluding diaryl/α,β-unsaturated/α-hetero) is 1. The predicted octanol–water partition coefficient (Wildman–Crippen LogP) is 3.65. The van der Waals surface area contributed by atoms with Crippen molar-refractivity contribution >= 4 is 11.5 Å². The molecule has 0 bridgehead atoms. The molecule has 2 nitrogen and oxygen atoms in total. The molecule has 0 aromatic heterocycles. The Bertz CT molecular complexity index is 452. The van der Waals surface area contributed by atoms with E-state index in [1.165, 1.54) is 31.9 Å². The van der Waals surface area contributed by atoms with Gasteiger partial charge in [0.05, 0.1) is 0 Å². The molecule has 1 saturated carbocycles. The van der Waals surface area contributed by atoms with E-state index in [0.717, 1.165) is 18.2 Å². The first-order valence-electron chi connectivity index (χ1n) is 6.56. The maximum absolute atomic E-state index is 13.3. The molecule has 1 aliphatic rings. The van der Waals surface area contributed by atoms with E-state index in [4.69, 9.17) is 0 Å². The van der Waals surface area contributed by atoms with E-state index in [1.807, 2.05) is 0 Å². The van der Waals surface area contributed by atoms with Gasteiger partial charge in [0, 0.05) is 23.8 Å². The standard InChI is InChI=1S/C15H20FNO/c1-10(2)17(9-12-4-5-12)15-7-6-13(16)8-14(15)11(3)18/h6-8,10,12H,4-5,9H2,1-3H3. The molecule has 0 aliphatic heterocycles. The Balaban J connectivity index is 2.35. The molecule has 0 heterocycles. The Morgan fingerprint density at radius 2 is 2.11 bits per heavy atom. The second-order valence-electron chi connectivity index (χ2n) is 5.41. The molecule has 1 aliphatic carbocycles. The van der Waals surface area contributed by atoms with Crippen molar-refractivity contribution in [2.24, 2.45) is 5.92 Å². The van der Waals surface area contributed by atoms with E-state index in [9.17, 15) is 9.18 Å². The van der Waals surface area contributed by atoms with Crippen molar-refractivity contribution in [2.45, 2.75) is 39.7 Å². The summed E-state index contributed by atoms with van der Waals surface area (Å²) in [4.78, 5) is 13.9. The lowest BCUT2D eigenvalue weighted by atomic mass is 10.1. The highest BCUT2D eigenvalue weighted by Gasteiger charge is 2.27. The molecule has 0 atom stereocenters. The van der Waals surface area contributed by atoms with Crippen molar-refractivity contribution < 1.29 is 9.18 Å². The van der Waals surface area contributed by atoms with Crippen LogP contribution in [0.3, 0.4) is 0 Å². The fraction of sp³-hybridized carbons (Fsp3) is 0.533. The van der Waals surface area contributed by atoms with Gasteiger partial charge in [-0.25, -0.2) is 4.39 Å². The highest BCUT2D eigenvalue weighted by Crippen LogP contribution is 2.33. The summed E-state index contributed by atoms with van der Waals surface area (Å²) in [5, 5.41) is 0. The van der Waals surface area contributed by atoms with Crippen molar-refractivity contribution in [3.05, 3.63) is 29.6 Å². The van der Waals surface area contributed by atoms with E-state index in [1.54, 1.807) is 6.07 Å². The van der Waals surface area contributed by atoms with Crippen LogP contribution in [0.5, 0.6) is 0 Å². The molecule has 18 heavy (non-hydrogen) atoms. The van der Waals surface area contributed by atoms with Crippen LogP contribution in [-0.4, -0.2) is 18.4 Å². The monoisotopic (exact) mass is 249 g/mol. The molecule has 0 radical (unpaired) electrons. The zero-order valence-electron chi connectivity index (χ0n) is 11.2. The molecule has 98 valence electrons. The number of rotatable bonds is 5. The van der Waals surface area contributed by atoms with Crippen molar-refractivity contribution in [3.63, 3.8) is 0 Å². The maximum Gasteiger partial charge on any atom is 0.161 e. The number of carbonyl (C=O) groups is 1. The summed E-state index contributed by atoms with van der Waals surface area (Å²) in [7, 11) is 0. The second kappa shape index (κ2) is 5.09. The van der Waals surface area contributed by atoms with Crippen molar-refractivity contribution in [1.82, 2.24) is 0 Å². The lowest BCUT2D eigenvalue weighted by Crippen LogP contribution is -2.33. The molecular formula is C15H20FNO. The van der Waals surface area contributed by atoms with E-state index >= 15 is 0 Å². The summed E-state index contributed by atoms with van der Waals surface area (Å²) in [6.07, 6.45) is 2.53.